The number of hydrogen-bond donors (Lipinski definition) is 2. The Labute approximate surface area is 71.3 Å². The first-order valence-electron chi connectivity index (χ1n) is 3.73. The van der Waals surface area contributed by atoms with E-state index in [1.807, 2.05) is 23.8 Å². The van der Waals surface area contributed by atoms with Gasteiger partial charge in [-0.15, -0.1) is 10.2 Å². The standard InChI is InChI=1S/C7H13N5/c1-9-7-11-10-6(12(7)2)4-3-5-8/h3-4H,5,8H2,1-2H3,(H,9,11)/b4-3+. The van der Waals surface area contributed by atoms with E-state index in [0.717, 1.165) is 11.8 Å². The molecule has 0 saturated heterocycles. The summed E-state index contributed by atoms with van der Waals surface area (Å²) in [5.74, 6) is 1.54. The molecule has 1 heterocycles. The Morgan fingerprint density at radius 2 is 2.33 bits per heavy atom. The van der Waals surface area contributed by atoms with Crippen molar-refractivity contribution in [3.8, 4) is 0 Å². The summed E-state index contributed by atoms with van der Waals surface area (Å²) in [5, 5.41) is 10.7. The van der Waals surface area contributed by atoms with Crippen LogP contribution in [0.15, 0.2) is 6.08 Å². The molecule has 5 heteroatoms. The lowest BCUT2D eigenvalue weighted by molar-refractivity contribution is 0.900. The number of anilines is 1. The average Bonchev–Trinajstić information content (AvgIpc) is 2.43. The molecule has 1 aromatic heterocycles. The molecule has 0 aliphatic carbocycles. The van der Waals surface area contributed by atoms with Crippen LogP contribution in [0, 0.1) is 0 Å². The van der Waals surface area contributed by atoms with Gasteiger partial charge in [-0.05, 0) is 6.08 Å². The van der Waals surface area contributed by atoms with Gasteiger partial charge < -0.3 is 11.1 Å². The molecule has 0 aliphatic rings. The van der Waals surface area contributed by atoms with E-state index in [4.69, 9.17) is 5.73 Å². The zero-order chi connectivity index (χ0) is 8.97. The molecule has 0 bridgehead atoms. The van der Waals surface area contributed by atoms with Crippen molar-refractivity contribution in [2.75, 3.05) is 18.9 Å². The summed E-state index contributed by atoms with van der Waals surface area (Å²) in [6.45, 7) is 0.516. The molecule has 0 fully saturated rings. The summed E-state index contributed by atoms with van der Waals surface area (Å²) in [7, 11) is 3.70. The van der Waals surface area contributed by atoms with E-state index in [-0.39, 0.29) is 0 Å². The van der Waals surface area contributed by atoms with Crippen LogP contribution < -0.4 is 11.1 Å². The van der Waals surface area contributed by atoms with Crippen molar-refractivity contribution in [3.63, 3.8) is 0 Å². The summed E-state index contributed by atoms with van der Waals surface area (Å²) >= 11 is 0. The van der Waals surface area contributed by atoms with Crippen molar-refractivity contribution in [2.45, 2.75) is 0 Å². The van der Waals surface area contributed by atoms with Crippen molar-refractivity contribution < 1.29 is 0 Å². The fourth-order valence-corrected chi connectivity index (χ4v) is 0.878. The number of nitrogens with one attached hydrogen (secondary N) is 1. The minimum Gasteiger partial charge on any atom is -0.357 e. The highest BCUT2D eigenvalue weighted by atomic mass is 15.3. The van der Waals surface area contributed by atoms with Gasteiger partial charge in [-0.1, -0.05) is 6.08 Å². The van der Waals surface area contributed by atoms with E-state index in [0.29, 0.717) is 6.54 Å². The Morgan fingerprint density at radius 3 is 2.83 bits per heavy atom. The maximum atomic E-state index is 5.31. The van der Waals surface area contributed by atoms with Crippen LogP contribution >= 0.6 is 0 Å². The lowest BCUT2D eigenvalue weighted by atomic mass is 10.5. The molecule has 0 spiro atoms. The zero-order valence-electron chi connectivity index (χ0n) is 7.28. The van der Waals surface area contributed by atoms with E-state index in [1.165, 1.54) is 0 Å². The van der Waals surface area contributed by atoms with Gasteiger partial charge >= 0.3 is 0 Å². The van der Waals surface area contributed by atoms with E-state index in [9.17, 15) is 0 Å². The van der Waals surface area contributed by atoms with E-state index < -0.39 is 0 Å². The van der Waals surface area contributed by atoms with Crippen LogP contribution in [0.5, 0.6) is 0 Å². The number of rotatable bonds is 3. The first kappa shape index (κ1) is 8.73. The maximum Gasteiger partial charge on any atom is 0.224 e. The first-order chi connectivity index (χ1) is 5.79. The minimum atomic E-state index is 0.516. The van der Waals surface area contributed by atoms with Gasteiger partial charge in [-0.2, -0.15) is 0 Å². The van der Waals surface area contributed by atoms with Crippen LogP contribution in [-0.2, 0) is 7.05 Å². The lowest BCUT2D eigenvalue weighted by Gasteiger charge is -1.98. The number of hydrogen-bond acceptors (Lipinski definition) is 4. The average molecular weight is 167 g/mol. The van der Waals surface area contributed by atoms with Gasteiger partial charge in [0, 0.05) is 20.6 Å². The molecule has 12 heavy (non-hydrogen) atoms. The second-order valence-electron chi connectivity index (χ2n) is 2.33. The second kappa shape index (κ2) is 3.87. The van der Waals surface area contributed by atoms with E-state index in [1.54, 1.807) is 7.05 Å². The third-order valence-corrected chi connectivity index (χ3v) is 1.54. The quantitative estimate of drug-likeness (QED) is 0.655. The van der Waals surface area contributed by atoms with Crippen LogP contribution in [-0.4, -0.2) is 28.4 Å². The third-order valence-electron chi connectivity index (χ3n) is 1.54. The molecular formula is C7H13N5. The molecule has 0 atom stereocenters. The Morgan fingerprint density at radius 1 is 1.58 bits per heavy atom. The van der Waals surface area contributed by atoms with Gasteiger partial charge in [0.15, 0.2) is 5.82 Å². The highest BCUT2D eigenvalue weighted by Crippen LogP contribution is 2.04. The molecule has 0 amide bonds. The number of nitrogens with two attached hydrogens (primary N) is 1. The molecule has 1 aromatic rings. The first-order valence-corrected chi connectivity index (χ1v) is 3.73. The SMILES string of the molecule is CNc1nnc(/C=C/CN)n1C. The zero-order valence-corrected chi connectivity index (χ0v) is 7.28. The van der Waals surface area contributed by atoms with Crippen molar-refractivity contribution in [1.82, 2.24) is 14.8 Å². The summed E-state index contributed by atoms with van der Waals surface area (Å²) in [6, 6.07) is 0. The van der Waals surface area contributed by atoms with Gasteiger partial charge in [0.25, 0.3) is 0 Å². The predicted octanol–water partition coefficient (Wildman–Crippen LogP) is -0.171. The summed E-state index contributed by atoms with van der Waals surface area (Å²) < 4.78 is 1.85. The molecule has 3 N–H and O–H groups in total. The van der Waals surface area contributed by atoms with Gasteiger partial charge in [0.1, 0.15) is 0 Å². The topological polar surface area (TPSA) is 68.8 Å². The predicted molar refractivity (Wildman–Crippen MR) is 48.6 cm³/mol. The van der Waals surface area contributed by atoms with Crippen LogP contribution in [0.1, 0.15) is 5.82 Å². The summed E-state index contributed by atoms with van der Waals surface area (Å²) in [5.41, 5.74) is 5.31. The Kier molecular flexibility index (Phi) is 2.82. The maximum absolute atomic E-state index is 5.31. The van der Waals surface area contributed by atoms with Gasteiger partial charge in [-0.25, -0.2) is 0 Å². The van der Waals surface area contributed by atoms with Crippen LogP contribution in [0.4, 0.5) is 5.95 Å². The van der Waals surface area contributed by atoms with Crippen molar-refractivity contribution in [3.05, 3.63) is 11.9 Å². The molecule has 0 aliphatic heterocycles. The Bertz CT molecular complexity index is 275. The highest BCUT2D eigenvalue weighted by Gasteiger charge is 2.01. The monoisotopic (exact) mass is 167 g/mol. The van der Waals surface area contributed by atoms with Crippen molar-refractivity contribution >= 4 is 12.0 Å². The molecule has 0 aromatic carbocycles. The molecule has 1 rings (SSSR count). The highest BCUT2D eigenvalue weighted by molar-refractivity contribution is 5.43. The number of nitrogens with zero attached hydrogens (tertiary/aromatic N) is 3. The summed E-state index contributed by atoms with van der Waals surface area (Å²) in [6.07, 6.45) is 3.68. The lowest BCUT2D eigenvalue weighted by Crippen LogP contribution is -2.00. The Balaban J connectivity index is 2.87. The Hall–Kier alpha value is -1.36. The molecule has 0 radical (unpaired) electrons. The largest absolute Gasteiger partial charge is 0.357 e. The van der Waals surface area contributed by atoms with Crippen LogP contribution in [0.3, 0.4) is 0 Å². The molecular weight excluding hydrogens is 154 g/mol. The molecule has 5 nitrogen and oxygen atoms in total. The van der Waals surface area contributed by atoms with Gasteiger partial charge in [0.05, 0.1) is 0 Å². The van der Waals surface area contributed by atoms with E-state index in [2.05, 4.69) is 15.5 Å². The van der Waals surface area contributed by atoms with E-state index >= 15 is 0 Å². The summed E-state index contributed by atoms with van der Waals surface area (Å²) in [4.78, 5) is 0. The van der Waals surface area contributed by atoms with Crippen LogP contribution in [0.25, 0.3) is 6.08 Å². The number of aromatic nitrogens is 3. The minimum absolute atomic E-state index is 0.516. The van der Waals surface area contributed by atoms with Gasteiger partial charge in [0.2, 0.25) is 5.95 Å². The fourth-order valence-electron chi connectivity index (χ4n) is 0.878. The third kappa shape index (κ3) is 1.62. The molecule has 0 saturated carbocycles. The van der Waals surface area contributed by atoms with Crippen LogP contribution in [0.2, 0.25) is 0 Å². The molecule has 0 unspecified atom stereocenters. The molecule has 66 valence electrons. The second-order valence-corrected chi connectivity index (χ2v) is 2.33. The van der Waals surface area contributed by atoms with Crippen molar-refractivity contribution in [1.29, 1.82) is 0 Å². The smallest absolute Gasteiger partial charge is 0.224 e. The normalized spacial score (nSPS) is 10.9. The van der Waals surface area contributed by atoms with Crippen molar-refractivity contribution in [2.24, 2.45) is 12.8 Å². The fraction of sp³-hybridized carbons (Fsp3) is 0.429. The van der Waals surface area contributed by atoms with Gasteiger partial charge in [-0.3, -0.25) is 4.57 Å².